The van der Waals surface area contributed by atoms with E-state index in [1.807, 2.05) is 18.7 Å². The maximum atomic E-state index is 12.2. The third-order valence-electron chi connectivity index (χ3n) is 4.08. The highest BCUT2D eigenvalue weighted by Crippen LogP contribution is 2.28. The van der Waals surface area contributed by atoms with Gasteiger partial charge < -0.3 is 15.7 Å². The van der Waals surface area contributed by atoms with Crippen molar-refractivity contribution in [2.75, 3.05) is 25.1 Å². The highest BCUT2D eigenvalue weighted by atomic mass is 127. The second-order valence-electron chi connectivity index (χ2n) is 6.10. The molecule has 1 aromatic heterocycles. The minimum absolute atomic E-state index is 0. The second-order valence-corrected chi connectivity index (χ2v) is 10.4. The summed E-state index contributed by atoms with van der Waals surface area (Å²) < 4.78 is 24.7. The van der Waals surface area contributed by atoms with E-state index in [1.165, 1.54) is 17.8 Å². The zero-order chi connectivity index (χ0) is 18.3. The van der Waals surface area contributed by atoms with Gasteiger partial charge in [0, 0.05) is 17.8 Å². The van der Waals surface area contributed by atoms with Gasteiger partial charge in [0.05, 0.1) is 18.4 Å². The van der Waals surface area contributed by atoms with E-state index in [9.17, 15) is 13.5 Å². The summed E-state index contributed by atoms with van der Waals surface area (Å²) in [5.41, 5.74) is 0. The Labute approximate surface area is 181 Å². The molecule has 2 rings (SSSR count). The van der Waals surface area contributed by atoms with E-state index in [-0.39, 0.29) is 40.5 Å². The first-order chi connectivity index (χ1) is 11.9. The van der Waals surface area contributed by atoms with Gasteiger partial charge in [-0.25, -0.2) is 8.42 Å². The molecule has 0 aliphatic heterocycles. The van der Waals surface area contributed by atoms with Crippen LogP contribution in [0, 0.1) is 0 Å². The van der Waals surface area contributed by atoms with Gasteiger partial charge in [-0.1, -0.05) is 6.07 Å². The van der Waals surface area contributed by atoms with Crippen LogP contribution >= 0.6 is 47.1 Å². The zero-order valence-electron chi connectivity index (χ0n) is 15.1. The summed E-state index contributed by atoms with van der Waals surface area (Å²) in [4.78, 5) is 4.37. The molecule has 0 spiro atoms. The molecule has 1 aromatic rings. The lowest BCUT2D eigenvalue weighted by Gasteiger charge is -2.18. The minimum atomic E-state index is -3.45. The zero-order valence-corrected chi connectivity index (χ0v) is 19.8. The van der Waals surface area contributed by atoms with Crippen LogP contribution in [-0.4, -0.2) is 62.0 Å². The number of thiophene rings is 1. The Kier molecular flexibility index (Phi) is 10.8. The highest BCUT2D eigenvalue weighted by molar-refractivity contribution is 14.0. The lowest BCUT2D eigenvalue weighted by atomic mass is 10.2. The topological polar surface area (TPSA) is 90.8 Å². The Morgan fingerprint density at radius 3 is 2.85 bits per heavy atom. The summed E-state index contributed by atoms with van der Waals surface area (Å²) in [5.74, 6) is 0.329. The van der Waals surface area contributed by atoms with Crippen LogP contribution in [0.2, 0.25) is 0 Å². The van der Waals surface area contributed by atoms with E-state index in [1.54, 1.807) is 17.5 Å². The van der Waals surface area contributed by atoms with Crippen molar-refractivity contribution >= 4 is 62.9 Å². The number of aliphatic imine (C=N–C) groups is 1. The number of sulfone groups is 1. The first kappa shape index (κ1) is 24.0. The lowest BCUT2D eigenvalue weighted by molar-refractivity contribution is 0.206. The maximum Gasteiger partial charge on any atom is 0.191 e. The molecule has 150 valence electrons. The molecule has 0 amide bonds. The first-order valence-corrected chi connectivity index (χ1v) is 12.3. The molecule has 1 heterocycles. The molecule has 1 fully saturated rings. The quantitative estimate of drug-likeness (QED) is 0.270. The number of aliphatic hydroxyl groups is 1. The summed E-state index contributed by atoms with van der Waals surface area (Å²) in [7, 11) is -3.45. The summed E-state index contributed by atoms with van der Waals surface area (Å²) in [6.45, 7) is 2.75. The molecule has 0 saturated heterocycles. The molecular weight excluding hydrogens is 505 g/mol. The molecule has 3 N–H and O–H groups in total. The third kappa shape index (κ3) is 7.53. The molecule has 10 heteroatoms. The molecule has 0 radical (unpaired) electrons. The molecule has 1 saturated carbocycles. The fourth-order valence-electron chi connectivity index (χ4n) is 2.82. The molecule has 0 bridgehead atoms. The summed E-state index contributed by atoms with van der Waals surface area (Å²) in [5, 5.41) is 19.1. The van der Waals surface area contributed by atoms with Crippen LogP contribution in [0.4, 0.5) is 0 Å². The van der Waals surface area contributed by atoms with Gasteiger partial charge in [0.15, 0.2) is 15.8 Å². The number of guanidine groups is 1. The number of aliphatic hydroxyl groups excluding tert-OH is 1. The number of hydrogen-bond donors (Lipinski definition) is 3. The minimum Gasteiger partial charge on any atom is -0.390 e. The third-order valence-corrected chi connectivity index (χ3v) is 8.46. The normalized spacial score (nSPS) is 21.9. The van der Waals surface area contributed by atoms with Gasteiger partial charge in [-0.2, -0.15) is 11.8 Å². The highest BCUT2D eigenvalue weighted by Gasteiger charge is 2.25. The standard InChI is InChI=1S/C16H27N3O3S3.HI/c1-3-17-16(19-12-6-7-14(9-12)23-2)18-10-13(20)11-25(21,22)15-5-4-8-24-15;/h4-5,8,12-14,20H,3,6-7,9-11H2,1-2H3,(H2,17,18,19);1H. The number of halogens is 1. The van der Waals surface area contributed by atoms with Gasteiger partial charge in [-0.05, 0) is 43.9 Å². The summed E-state index contributed by atoms with van der Waals surface area (Å²) >= 11 is 3.06. The Bertz CT molecular complexity index is 653. The van der Waals surface area contributed by atoms with Crippen LogP contribution in [0.5, 0.6) is 0 Å². The van der Waals surface area contributed by atoms with Gasteiger partial charge >= 0.3 is 0 Å². The summed E-state index contributed by atoms with van der Waals surface area (Å²) in [6.07, 6.45) is 4.51. The summed E-state index contributed by atoms with van der Waals surface area (Å²) in [6, 6.07) is 3.63. The molecule has 1 aliphatic rings. The van der Waals surface area contributed by atoms with Crippen molar-refractivity contribution in [2.45, 2.75) is 47.8 Å². The van der Waals surface area contributed by atoms with Crippen LogP contribution < -0.4 is 10.6 Å². The van der Waals surface area contributed by atoms with E-state index in [4.69, 9.17) is 0 Å². The Balaban J connectivity index is 0.00000338. The van der Waals surface area contributed by atoms with Gasteiger partial charge in [0.25, 0.3) is 0 Å². The van der Waals surface area contributed by atoms with Crippen molar-refractivity contribution < 1.29 is 13.5 Å². The Hall–Kier alpha value is -0.0400. The number of nitrogens with zero attached hydrogens (tertiary/aromatic N) is 1. The smallest absolute Gasteiger partial charge is 0.191 e. The van der Waals surface area contributed by atoms with Crippen molar-refractivity contribution in [1.82, 2.24) is 10.6 Å². The van der Waals surface area contributed by atoms with E-state index in [0.29, 0.717) is 23.8 Å². The SMILES string of the molecule is CCNC(=NCC(O)CS(=O)(=O)c1cccs1)NC1CCC(SC)C1.I. The number of hydrogen-bond acceptors (Lipinski definition) is 6. The Morgan fingerprint density at radius 2 is 2.27 bits per heavy atom. The van der Waals surface area contributed by atoms with Crippen LogP contribution in [0.25, 0.3) is 0 Å². The van der Waals surface area contributed by atoms with E-state index in [0.717, 1.165) is 12.8 Å². The fraction of sp³-hybridized carbons (Fsp3) is 0.688. The van der Waals surface area contributed by atoms with Crippen LogP contribution in [0.15, 0.2) is 26.7 Å². The average Bonchev–Trinajstić information content (AvgIpc) is 3.24. The molecule has 3 unspecified atom stereocenters. The largest absolute Gasteiger partial charge is 0.390 e. The molecule has 6 nitrogen and oxygen atoms in total. The number of thioether (sulfide) groups is 1. The van der Waals surface area contributed by atoms with Gasteiger partial charge in [0.2, 0.25) is 0 Å². The van der Waals surface area contributed by atoms with Crippen molar-refractivity contribution in [3.8, 4) is 0 Å². The van der Waals surface area contributed by atoms with Gasteiger partial charge in [-0.15, -0.1) is 35.3 Å². The second kappa shape index (κ2) is 11.7. The predicted octanol–water partition coefficient (Wildman–Crippen LogP) is 2.34. The molecule has 0 aromatic carbocycles. The fourth-order valence-corrected chi connectivity index (χ4v) is 6.09. The number of rotatable bonds is 8. The van der Waals surface area contributed by atoms with Crippen molar-refractivity contribution in [2.24, 2.45) is 4.99 Å². The molecule has 26 heavy (non-hydrogen) atoms. The molecular formula is C16H28IN3O3S3. The predicted molar refractivity (Wildman–Crippen MR) is 122 cm³/mol. The van der Waals surface area contributed by atoms with Crippen LogP contribution in [-0.2, 0) is 9.84 Å². The average molecular weight is 534 g/mol. The van der Waals surface area contributed by atoms with Crippen molar-refractivity contribution in [3.63, 3.8) is 0 Å². The molecule has 1 aliphatic carbocycles. The molecule has 3 atom stereocenters. The monoisotopic (exact) mass is 533 g/mol. The number of nitrogens with one attached hydrogen (secondary N) is 2. The van der Waals surface area contributed by atoms with Gasteiger partial charge in [0.1, 0.15) is 4.21 Å². The van der Waals surface area contributed by atoms with E-state index >= 15 is 0 Å². The van der Waals surface area contributed by atoms with Crippen molar-refractivity contribution in [1.29, 1.82) is 0 Å². The lowest BCUT2D eigenvalue weighted by Crippen LogP contribution is -2.43. The first-order valence-electron chi connectivity index (χ1n) is 8.46. The van der Waals surface area contributed by atoms with Gasteiger partial charge in [-0.3, -0.25) is 4.99 Å². The Morgan fingerprint density at radius 1 is 1.50 bits per heavy atom. The van der Waals surface area contributed by atoms with E-state index < -0.39 is 15.9 Å². The van der Waals surface area contributed by atoms with E-state index in [2.05, 4.69) is 21.9 Å². The van der Waals surface area contributed by atoms with Crippen molar-refractivity contribution in [3.05, 3.63) is 17.5 Å². The maximum absolute atomic E-state index is 12.2. The van der Waals surface area contributed by atoms with Crippen LogP contribution in [0.1, 0.15) is 26.2 Å². The van der Waals surface area contributed by atoms with Crippen LogP contribution in [0.3, 0.4) is 0 Å².